The Hall–Kier alpha value is -2.01. The lowest BCUT2D eigenvalue weighted by molar-refractivity contribution is 0.0901. The Balaban J connectivity index is 1.87. The normalized spacial score (nSPS) is 16.5. The topological polar surface area (TPSA) is 75.1 Å². The van der Waals surface area contributed by atoms with E-state index in [0.29, 0.717) is 5.52 Å². The predicted octanol–water partition coefficient (Wildman–Crippen LogP) is 0.884. The van der Waals surface area contributed by atoms with Gasteiger partial charge in [0.15, 0.2) is 0 Å². The van der Waals surface area contributed by atoms with E-state index in [1.54, 1.807) is 0 Å². The average Bonchev–Trinajstić information content (AvgIpc) is 3.18. The lowest BCUT2D eigenvalue weighted by Gasteiger charge is -2.13. The van der Waals surface area contributed by atoms with Gasteiger partial charge in [-0.15, -0.1) is 0 Å². The van der Waals surface area contributed by atoms with Crippen LogP contribution < -0.4 is 5.32 Å². The maximum absolute atomic E-state index is 12.0. The standard InChI is InChI=1S/C13H13N3O2/c17-8-13(5-6-13)16-12(18)11-7-14-9-3-1-2-4-10(9)15-11/h1-4,7,17H,5-6,8H2,(H,16,18). The van der Waals surface area contributed by atoms with E-state index in [9.17, 15) is 9.90 Å². The van der Waals surface area contributed by atoms with E-state index in [1.807, 2.05) is 24.3 Å². The minimum absolute atomic E-state index is 0.0280. The van der Waals surface area contributed by atoms with E-state index in [-0.39, 0.29) is 18.2 Å². The highest BCUT2D eigenvalue weighted by molar-refractivity contribution is 5.94. The molecule has 0 bridgehead atoms. The molecule has 1 aromatic heterocycles. The van der Waals surface area contributed by atoms with Gasteiger partial charge in [0.05, 0.1) is 29.4 Å². The maximum Gasteiger partial charge on any atom is 0.272 e. The largest absolute Gasteiger partial charge is 0.394 e. The summed E-state index contributed by atoms with van der Waals surface area (Å²) in [5.74, 6) is -0.278. The maximum atomic E-state index is 12.0. The third kappa shape index (κ3) is 1.93. The number of fused-ring (bicyclic) bond motifs is 1. The Morgan fingerprint density at radius 2 is 2.06 bits per heavy atom. The number of para-hydroxylation sites is 2. The van der Waals surface area contributed by atoms with Crippen molar-refractivity contribution in [1.82, 2.24) is 15.3 Å². The number of aliphatic hydroxyl groups is 1. The number of nitrogens with one attached hydrogen (secondary N) is 1. The first-order chi connectivity index (χ1) is 8.72. The number of hydrogen-bond acceptors (Lipinski definition) is 4. The molecule has 1 heterocycles. The van der Waals surface area contributed by atoms with Crippen LogP contribution in [0.1, 0.15) is 23.3 Å². The van der Waals surface area contributed by atoms with Gasteiger partial charge in [0, 0.05) is 0 Å². The van der Waals surface area contributed by atoms with Crippen LogP contribution in [0.15, 0.2) is 30.5 Å². The summed E-state index contributed by atoms with van der Waals surface area (Å²) < 4.78 is 0. The van der Waals surface area contributed by atoms with Crippen LogP contribution in [0.3, 0.4) is 0 Å². The lowest BCUT2D eigenvalue weighted by Crippen LogP contribution is -2.40. The fourth-order valence-corrected chi connectivity index (χ4v) is 1.84. The van der Waals surface area contributed by atoms with Crippen molar-refractivity contribution in [2.24, 2.45) is 0 Å². The highest BCUT2D eigenvalue weighted by Gasteiger charge is 2.43. The number of carbonyl (C=O) groups is 1. The molecular weight excluding hydrogens is 230 g/mol. The number of benzene rings is 1. The molecule has 1 fully saturated rings. The van der Waals surface area contributed by atoms with Gasteiger partial charge in [-0.05, 0) is 25.0 Å². The van der Waals surface area contributed by atoms with Crippen LogP contribution in [0.25, 0.3) is 11.0 Å². The highest BCUT2D eigenvalue weighted by atomic mass is 16.3. The summed E-state index contributed by atoms with van der Waals surface area (Å²) in [5, 5.41) is 12.0. The van der Waals surface area contributed by atoms with Crippen molar-refractivity contribution in [1.29, 1.82) is 0 Å². The van der Waals surface area contributed by atoms with Crippen LogP contribution >= 0.6 is 0 Å². The SMILES string of the molecule is O=C(NC1(CO)CC1)c1cnc2ccccc2n1. The Morgan fingerprint density at radius 1 is 1.33 bits per heavy atom. The first-order valence-corrected chi connectivity index (χ1v) is 5.88. The molecule has 5 heteroatoms. The number of amides is 1. The Morgan fingerprint density at radius 3 is 2.72 bits per heavy atom. The minimum atomic E-state index is -0.426. The molecule has 0 unspecified atom stereocenters. The summed E-state index contributed by atoms with van der Waals surface area (Å²) in [6, 6.07) is 7.40. The number of nitrogens with zero attached hydrogens (tertiary/aromatic N) is 2. The molecule has 0 spiro atoms. The molecule has 0 aliphatic heterocycles. The van der Waals surface area contributed by atoms with Gasteiger partial charge < -0.3 is 10.4 Å². The van der Waals surface area contributed by atoms with Gasteiger partial charge in [0.1, 0.15) is 5.69 Å². The molecule has 1 saturated carbocycles. The van der Waals surface area contributed by atoms with E-state index in [2.05, 4.69) is 15.3 Å². The second-order valence-electron chi connectivity index (χ2n) is 4.64. The second kappa shape index (κ2) is 4.03. The molecule has 1 amide bonds. The fourth-order valence-electron chi connectivity index (χ4n) is 1.84. The molecule has 1 aliphatic carbocycles. The van der Waals surface area contributed by atoms with Gasteiger partial charge in [0.2, 0.25) is 0 Å². The zero-order chi connectivity index (χ0) is 12.6. The molecule has 92 valence electrons. The Bertz CT molecular complexity index is 608. The quantitative estimate of drug-likeness (QED) is 0.839. The summed E-state index contributed by atoms with van der Waals surface area (Å²) >= 11 is 0. The van der Waals surface area contributed by atoms with Gasteiger partial charge in [-0.25, -0.2) is 4.98 Å². The van der Waals surface area contributed by atoms with E-state index in [0.717, 1.165) is 18.4 Å². The first kappa shape index (κ1) is 11.1. The smallest absolute Gasteiger partial charge is 0.272 e. The highest BCUT2D eigenvalue weighted by Crippen LogP contribution is 2.34. The van der Waals surface area contributed by atoms with Gasteiger partial charge in [-0.3, -0.25) is 9.78 Å². The van der Waals surface area contributed by atoms with Gasteiger partial charge >= 0.3 is 0 Å². The van der Waals surface area contributed by atoms with Gasteiger partial charge in [-0.2, -0.15) is 0 Å². The molecule has 18 heavy (non-hydrogen) atoms. The van der Waals surface area contributed by atoms with Gasteiger partial charge in [-0.1, -0.05) is 12.1 Å². The first-order valence-electron chi connectivity index (χ1n) is 5.88. The van der Waals surface area contributed by atoms with Crippen molar-refractivity contribution in [2.75, 3.05) is 6.61 Å². The zero-order valence-corrected chi connectivity index (χ0v) is 9.76. The molecule has 1 aromatic carbocycles. The molecule has 0 saturated heterocycles. The van der Waals surface area contributed by atoms with Crippen LogP contribution in [0.5, 0.6) is 0 Å². The number of rotatable bonds is 3. The molecule has 0 radical (unpaired) electrons. The van der Waals surface area contributed by atoms with Crippen molar-refractivity contribution >= 4 is 16.9 Å². The van der Waals surface area contributed by atoms with E-state index < -0.39 is 5.54 Å². The predicted molar refractivity (Wildman–Crippen MR) is 66.1 cm³/mol. The summed E-state index contributed by atoms with van der Waals surface area (Å²) in [7, 11) is 0. The van der Waals surface area contributed by atoms with E-state index in [4.69, 9.17) is 0 Å². The van der Waals surface area contributed by atoms with Gasteiger partial charge in [0.25, 0.3) is 5.91 Å². The van der Waals surface area contributed by atoms with Crippen LogP contribution in [0.4, 0.5) is 0 Å². The van der Waals surface area contributed by atoms with Crippen molar-refractivity contribution in [2.45, 2.75) is 18.4 Å². The number of hydrogen-bond donors (Lipinski definition) is 2. The molecule has 1 aliphatic rings. The summed E-state index contributed by atoms with van der Waals surface area (Å²) in [6.07, 6.45) is 3.09. The third-order valence-electron chi connectivity index (χ3n) is 3.22. The zero-order valence-electron chi connectivity index (χ0n) is 9.76. The average molecular weight is 243 g/mol. The van der Waals surface area contributed by atoms with Crippen molar-refractivity contribution in [3.63, 3.8) is 0 Å². The summed E-state index contributed by atoms with van der Waals surface area (Å²) in [4.78, 5) is 20.4. The molecular formula is C13H13N3O2. The van der Waals surface area contributed by atoms with Crippen LogP contribution in [-0.4, -0.2) is 33.1 Å². The monoisotopic (exact) mass is 243 g/mol. The molecule has 0 atom stereocenters. The minimum Gasteiger partial charge on any atom is -0.394 e. The van der Waals surface area contributed by atoms with Crippen LogP contribution in [0.2, 0.25) is 0 Å². The number of carbonyl (C=O) groups excluding carboxylic acids is 1. The van der Waals surface area contributed by atoms with Crippen molar-refractivity contribution in [3.05, 3.63) is 36.2 Å². The van der Waals surface area contributed by atoms with Crippen LogP contribution in [-0.2, 0) is 0 Å². The Labute approximate surface area is 104 Å². The second-order valence-corrected chi connectivity index (χ2v) is 4.64. The summed E-state index contributed by atoms with van der Waals surface area (Å²) in [6.45, 7) is -0.0280. The molecule has 2 aromatic rings. The van der Waals surface area contributed by atoms with E-state index >= 15 is 0 Å². The van der Waals surface area contributed by atoms with Crippen molar-refractivity contribution < 1.29 is 9.90 Å². The fraction of sp³-hybridized carbons (Fsp3) is 0.308. The Kier molecular flexibility index (Phi) is 2.48. The summed E-state index contributed by atoms with van der Waals surface area (Å²) in [5.41, 5.74) is 1.31. The third-order valence-corrected chi connectivity index (χ3v) is 3.22. The molecule has 2 N–H and O–H groups in total. The number of aliphatic hydroxyl groups excluding tert-OH is 1. The molecule has 5 nitrogen and oxygen atoms in total. The van der Waals surface area contributed by atoms with Crippen molar-refractivity contribution in [3.8, 4) is 0 Å². The van der Waals surface area contributed by atoms with E-state index in [1.165, 1.54) is 6.20 Å². The molecule has 3 rings (SSSR count). The number of aromatic nitrogens is 2. The van der Waals surface area contributed by atoms with Crippen LogP contribution in [0, 0.1) is 0 Å². The lowest BCUT2D eigenvalue weighted by atomic mass is 10.2.